The Kier molecular flexibility index (Phi) is 3.27. The van der Waals surface area contributed by atoms with Gasteiger partial charge in [-0.15, -0.1) is 0 Å². The van der Waals surface area contributed by atoms with Crippen LogP contribution in [0.1, 0.15) is 13.3 Å². The highest BCUT2D eigenvalue weighted by Crippen LogP contribution is 2.29. The third kappa shape index (κ3) is 2.55. The maximum absolute atomic E-state index is 11.6. The lowest BCUT2D eigenvalue weighted by Gasteiger charge is -2.24. The number of fused-ring (bicyclic) bond motifs is 1. The number of benzene rings is 1. The van der Waals surface area contributed by atoms with Crippen LogP contribution < -0.4 is 10.1 Å². The fourth-order valence-electron chi connectivity index (χ4n) is 1.62. The van der Waals surface area contributed by atoms with E-state index in [9.17, 15) is 9.59 Å². The molecule has 17 heavy (non-hydrogen) atoms. The van der Waals surface area contributed by atoms with Gasteiger partial charge in [-0.25, -0.2) is 4.79 Å². The topological polar surface area (TPSA) is 64.6 Å². The first-order valence-corrected chi connectivity index (χ1v) is 5.43. The summed E-state index contributed by atoms with van der Waals surface area (Å²) in [6, 6.07) is 6.41. The van der Waals surface area contributed by atoms with Crippen LogP contribution >= 0.6 is 0 Å². The van der Waals surface area contributed by atoms with Crippen molar-refractivity contribution in [3.05, 3.63) is 24.3 Å². The highest BCUT2D eigenvalue weighted by molar-refractivity contribution is 5.90. The van der Waals surface area contributed by atoms with Crippen LogP contribution in [0.4, 0.5) is 5.69 Å². The number of esters is 2. The summed E-state index contributed by atoms with van der Waals surface area (Å²) < 4.78 is 9.91. The third-order valence-corrected chi connectivity index (χ3v) is 2.39. The van der Waals surface area contributed by atoms with Crippen molar-refractivity contribution in [3.8, 4) is 5.75 Å². The fraction of sp³-hybridized carbons (Fsp3) is 0.333. The number of hydrogen-bond donors (Lipinski definition) is 1. The molecule has 0 fully saturated rings. The molecule has 1 aliphatic rings. The van der Waals surface area contributed by atoms with E-state index in [1.807, 2.05) is 6.07 Å². The van der Waals surface area contributed by atoms with Gasteiger partial charge < -0.3 is 14.8 Å². The second kappa shape index (κ2) is 4.86. The molecule has 0 aromatic heterocycles. The molecular formula is C12H13NO4. The molecule has 1 atom stereocenters. The Bertz CT molecular complexity index is 444. The zero-order valence-electron chi connectivity index (χ0n) is 9.43. The molecule has 1 unspecified atom stereocenters. The van der Waals surface area contributed by atoms with Crippen molar-refractivity contribution >= 4 is 17.6 Å². The number of para-hydroxylation sites is 2. The lowest BCUT2D eigenvalue weighted by molar-refractivity contribution is -0.147. The summed E-state index contributed by atoms with van der Waals surface area (Å²) in [6.45, 7) is 2.02. The van der Waals surface area contributed by atoms with E-state index in [4.69, 9.17) is 9.47 Å². The minimum atomic E-state index is -0.677. The molecule has 1 aromatic rings. The largest absolute Gasteiger partial charge is 0.466 e. The second-order valence-corrected chi connectivity index (χ2v) is 3.62. The van der Waals surface area contributed by atoms with Crippen molar-refractivity contribution in [1.29, 1.82) is 0 Å². The van der Waals surface area contributed by atoms with Crippen molar-refractivity contribution in [2.75, 3.05) is 11.9 Å². The van der Waals surface area contributed by atoms with E-state index in [2.05, 4.69) is 5.32 Å². The van der Waals surface area contributed by atoms with E-state index in [1.165, 1.54) is 0 Å². The quantitative estimate of drug-likeness (QED) is 0.632. The zero-order chi connectivity index (χ0) is 12.3. The number of rotatable bonds is 3. The molecule has 5 heteroatoms. The van der Waals surface area contributed by atoms with Crippen molar-refractivity contribution in [2.45, 2.75) is 19.4 Å². The maximum atomic E-state index is 11.6. The van der Waals surface area contributed by atoms with E-state index in [0.717, 1.165) is 0 Å². The standard InChI is InChI=1S/C12H13NO4/c1-2-16-11(14)7-9-12(15)17-10-6-4-3-5-8(10)13-9/h3-6,9,13H,2,7H2,1H3. The number of anilines is 1. The smallest absolute Gasteiger partial charge is 0.334 e. The molecule has 0 aliphatic carbocycles. The van der Waals surface area contributed by atoms with Crippen molar-refractivity contribution in [2.24, 2.45) is 0 Å². The summed E-state index contributed by atoms with van der Waals surface area (Å²) in [5.41, 5.74) is 0.710. The second-order valence-electron chi connectivity index (χ2n) is 3.62. The molecule has 0 spiro atoms. The molecule has 0 saturated heterocycles. The number of ether oxygens (including phenoxy) is 2. The molecule has 1 aromatic carbocycles. The molecule has 5 nitrogen and oxygen atoms in total. The summed E-state index contributed by atoms with van der Waals surface area (Å²) in [4.78, 5) is 22.9. The van der Waals surface area contributed by atoms with Crippen LogP contribution in [0, 0.1) is 0 Å². The molecule has 0 saturated carbocycles. The average Bonchev–Trinajstić information content (AvgIpc) is 2.30. The SMILES string of the molecule is CCOC(=O)CC1Nc2ccccc2OC1=O. The first-order valence-electron chi connectivity index (χ1n) is 5.43. The molecule has 0 radical (unpaired) electrons. The fourth-order valence-corrected chi connectivity index (χ4v) is 1.62. The van der Waals surface area contributed by atoms with Gasteiger partial charge in [0, 0.05) is 0 Å². The lowest BCUT2D eigenvalue weighted by atomic mass is 10.1. The van der Waals surface area contributed by atoms with Gasteiger partial charge in [0.25, 0.3) is 0 Å². The van der Waals surface area contributed by atoms with E-state index in [0.29, 0.717) is 18.0 Å². The number of carbonyl (C=O) groups excluding carboxylic acids is 2. The lowest BCUT2D eigenvalue weighted by Crippen LogP contribution is -2.39. The minimum absolute atomic E-state index is 0.0268. The Morgan fingerprint density at radius 3 is 3.00 bits per heavy atom. The molecule has 2 rings (SSSR count). The molecular weight excluding hydrogens is 222 g/mol. The van der Waals surface area contributed by atoms with Gasteiger partial charge in [0.2, 0.25) is 0 Å². The number of carbonyl (C=O) groups is 2. The molecule has 90 valence electrons. The number of nitrogens with one attached hydrogen (secondary N) is 1. The van der Waals surface area contributed by atoms with Crippen LogP contribution in [-0.4, -0.2) is 24.6 Å². The van der Waals surface area contributed by atoms with E-state index in [1.54, 1.807) is 25.1 Å². The first-order chi connectivity index (χ1) is 8.20. The van der Waals surface area contributed by atoms with Crippen LogP contribution in [0.2, 0.25) is 0 Å². The Balaban J connectivity index is 2.07. The molecule has 0 amide bonds. The Labute approximate surface area is 98.7 Å². The van der Waals surface area contributed by atoms with Crippen molar-refractivity contribution in [3.63, 3.8) is 0 Å². The van der Waals surface area contributed by atoms with Crippen LogP contribution in [-0.2, 0) is 14.3 Å². The van der Waals surface area contributed by atoms with Gasteiger partial charge in [-0.1, -0.05) is 12.1 Å². The minimum Gasteiger partial charge on any atom is -0.466 e. The molecule has 1 N–H and O–H groups in total. The zero-order valence-corrected chi connectivity index (χ0v) is 9.43. The van der Waals surface area contributed by atoms with Crippen LogP contribution in [0.3, 0.4) is 0 Å². The Morgan fingerprint density at radius 2 is 2.24 bits per heavy atom. The highest BCUT2D eigenvalue weighted by atomic mass is 16.5. The van der Waals surface area contributed by atoms with E-state index < -0.39 is 18.0 Å². The van der Waals surface area contributed by atoms with Gasteiger partial charge in [-0.2, -0.15) is 0 Å². The van der Waals surface area contributed by atoms with Gasteiger partial charge in [0.05, 0.1) is 18.7 Å². The van der Waals surface area contributed by atoms with Crippen LogP contribution in [0.15, 0.2) is 24.3 Å². The monoisotopic (exact) mass is 235 g/mol. The Hall–Kier alpha value is -2.04. The summed E-state index contributed by atoms with van der Waals surface area (Å²) in [5.74, 6) is -0.393. The summed E-state index contributed by atoms with van der Waals surface area (Å²) >= 11 is 0. The normalized spacial score (nSPS) is 17.7. The van der Waals surface area contributed by atoms with Crippen LogP contribution in [0.25, 0.3) is 0 Å². The predicted molar refractivity (Wildman–Crippen MR) is 60.7 cm³/mol. The molecule has 1 aliphatic heterocycles. The maximum Gasteiger partial charge on any atom is 0.334 e. The number of hydrogen-bond acceptors (Lipinski definition) is 5. The Morgan fingerprint density at radius 1 is 1.47 bits per heavy atom. The highest BCUT2D eigenvalue weighted by Gasteiger charge is 2.29. The van der Waals surface area contributed by atoms with Crippen molar-refractivity contribution < 1.29 is 19.1 Å². The van der Waals surface area contributed by atoms with Gasteiger partial charge in [-0.05, 0) is 19.1 Å². The van der Waals surface area contributed by atoms with E-state index in [-0.39, 0.29) is 6.42 Å². The van der Waals surface area contributed by atoms with Gasteiger partial charge in [-0.3, -0.25) is 4.79 Å². The first kappa shape index (κ1) is 11.4. The van der Waals surface area contributed by atoms with Gasteiger partial charge in [0.15, 0.2) is 5.75 Å². The van der Waals surface area contributed by atoms with Gasteiger partial charge >= 0.3 is 11.9 Å². The summed E-state index contributed by atoms with van der Waals surface area (Å²) in [5, 5.41) is 2.96. The summed E-state index contributed by atoms with van der Waals surface area (Å²) in [7, 11) is 0. The van der Waals surface area contributed by atoms with E-state index >= 15 is 0 Å². The molecule has 1 heterocycles. The average molecular weight is 235 g/mol. The third-order valence-electron chi connectivity index (χ3n) is 2.39. The van der Waals surface area contributed by atoms with Crippen molar-refractivity contribution in [1.82, 2.24) is 0 Å². The molecule has 0 bridgehead atoms. The summed E-state index contributed by atoms with van der Waals surface area (Å²) in [6.07, 6.45) is -0.0268. The van der Waals surface area contributed by atoms with Crippen LogP contribution in [0.5, 0.6) is 5.75 Å². The van der Waals surface area contributed by atoms with Gasteiger partial charge in [0.1, 0.15) is 6.04 Å². The predicted octanol–water partition coefficient (Wildman–Crippen LogP) is 1.34.